The van der Waals surface area contributed by atoms with Gasteiger partial charge in [-0.15, -0.1) is 0 Å². The van der Waals surface area contributed by atoms with E-state index in [-0.39, 0.29) is 24.7 Å². The van der Waals surface area contributed by atoms with Crippen molar-refractivity contribution in [1.29, 1.82) is 0 Å². The minimum Gasteiger partial charge on any atom is -0.463 e. The summed E-state index contributed by atoms with van der Waals surface area (Å²) in [4.78, 5) is 25.1. The van der Waals surface area contributed by atoms with Crippen molar-refractivity contribution >= 4 is 12.1 Å². The van der Waals surface area contributed by atoms with Crippen molar-refractivity contribution in [1.82, 2.24) is 4.90 Å². The monoisotopic (exact) mass is 303 g/mol. The van der Waals surface area contributed by atoms with E-state index in [4.69, 9.17) is 9.47 Å². The van der Waals surface area contributed by atoms with Crippen LogP contribution >= 0.6 is 0 Å². The van der Waals surface area contributed by atoms with Crippen LogP contribution in [0.2, 0.25) is 0 Å². The second-order valence-electron chi connectivity index (χ2n) is 5.05. The van der Waals surface area contributed by atoms with Gasteiger partial charge < -0.3 is 14.4 Å². The van der Waals surface area contributed by atoms with Crippen molar-refractivity contribution in [2.75, 3.05) is 13.2 Å². The molecule has 22 heavy (non-hydrogen) atoms. The number of carbonyl (C=O) groups excluding carboxylic acids is 2. The summed E-state index contributed by atoms with van der Waals surface area (Å²) >= 11 is 0. The number of hydrogen-bond donors (Lipinski definition) is 0. The molecule has 118 valence electrons. The highest BCUT2D eigenvalue weighted by Crippen LogP contribution is 2.20. The second-order valence-corrected chi connectivity index (χ2v) is 5.05. The van der Waals surface area contributed by atoms with Crippen LogP contribution in [0.5, 0.6) is 0 Å². The van der Waals surface area contributed by atoms with E-state index in [1.807, 2.05) is 30.3 Å². The fourth-order valence-corrected chi connectivity index (χ4v) is 2.40. The van der Waals surface area contributed by atoms with Gasteiger partial charge in [0.05, 0.1) is 12.6 Å². The number of amides is 1. The highest BCUT2D eigenvalue weighted by molar-refractivity contribution is 5.82. The summed E-state index contributed by atoms with van der Waals surface area (Å²) in [7, 11) is 0. The van der Waals surface area contributed by atoms with Crippen LogP contribution in [0.15, 0.2) is 42.5 Å². The summed E-state index contributed by atoms with van der Waals surface area (Å²) in [6.07, 6.45) is 4.49. The van der Waals surface area contributed by atoms with Gasteiger partial charge in [0.1, 0.15) is 6.61 Å². The molecule has 0 spiro atoms. The molecule has 0 aliphatic carbocycles. The summed E-state index contributed by atoms with van der Waals surface area (Å²) in [6, 6.07) is 9.45. The number of carbonyl (C=O) groups is 2. The molecule has 0 aromatic heterocycles. The van der Waals surface area contributed by atoms with E-state index in [0.717, 1.165) is 18.4 Å². The number of likely N-dealkylation sites (tertiary alicyclic amines) is 1. The molecule has 1 atom stereocenters. The predicted octanol–water partition coefficient (Wildman–Crippen LogP) is 2.91. The molecule has 0 N–H and O–H groups in total. The molecule has 1 aliphatic heterocycles. The molecule has 1 aromatic rings. The number of hydrogen-bond acceptors (Lipinski definition) is 4. The lowest BCUT2D eigenvalue weighted by Crippen LogP contribution is -2.34. The summed E-state index contributed by atoms with van der Waals surface area (Å²) in [5.74, 6) is -0.382. The van der Waals surface area contributed by atoms with Crippen LogP contribution in [0.3, 0.4) is 0 Å². The van der Waals surface area contributed by atoms with Crippen LogP contribution in [0.4, 0.5) is 4.79 Å². The summed E-state index contributed by atoms with van der Waals surface area (Å²) in [5, 5.41) is 0. The zero-order valence-electron chi connectivity index (χ0n) is 12.7. The molecular formula is C17H21NO4. The Kier molecular flexibility index (Phi) is 6.01. The van der Waals surface area contributed by atoms with Crippen LogP contribution in [-0.4, -0.2) is 36.2 Å². The van der Waals surface area contributed by atoms with Crippen molar-refractivity contribution in [3.05, 3.63) is 48.0 Å². The van der Waals surface area contributed by atoms with Gasteiger partial charge >= 0.3 is 12.1 Å². The van der Waals surface area contributed by atoms with Crippen molar-refractivity contribution in [2.24, 2.45) is 0 Å². The predicted molar refractivity (Wildman–Crippen MR) is 82.1 cm³/mol. The van der Waals surface area contributed by atoms with Crippen LogP contribution in [0.1, 0.15) is 25.3 Å². The molecule has 1 aliphatic rings. The van der Waals surface area contributed by atoms with Crippen molar-refractivity contribution in [3.8, 4) is 0 Å². The van der Waals surface area contributed by atoms with Gasteiger partial charge in [-0.2, -0.15) is 0 Å². The quantitative estimate of drug-likeness (QED) is 0.620. The van der Waals surface area contributed by atoms with E-state index in [1.165, 1.54) is 6.08 Å². The third-order valence-electron chi connectivity index (χ3n) is 3.48. The van der Waals surface area contributed by atoms with Crippen molar-refractivity contribution < 1.29 is 19.1 Å². The van der Waals surface area contributed by atoms with Crippen LogP contribution in [0, 0.1) is 0 Å². The Hall–Kier alpha value is -2.30. The number of rotatable bonds is 5. The van der Waals surface area contributed by atoms with Crippen molar-refractivity contribution in [2.45, 2.75) is 32.4 Å². The molecule has 0 radical (unpaired) electrons. The van der Waals surface area contributed by atoms with Gasteiger partial charge in [0.15, 0.2) is 0 Å². The van der Waals surface area contributed by atoms with Gasteiger partial charge in [0, 0.05) is 12.6 Å². The van der Waals surface area contributed by atoms with Gasteiger partial charge in [-0.3, -0.25) is 0 Å². The van der Waals surface area contributed by atoms with Gasteiger partial charge in [0.2, 0.25) is 0 Å². The van der Waals surface area contributed by atoms with E-state index >= 15 is 0 Å². The third kappa shape index (κ3) is 4.62. The molecule has 1 fully saturated rings. The Bertz CT molecular complexity index is 527. The van der Waals surface area contributed by atoms with E-state index in [9.17, 15) is 9.59 Å². The zero-order valence-corrected chi connectivity index (χ0v) is 12.7. The molecule has 1 amide bonds. The van der Waals surface area contributed by atoms with Crippen LogP contribution in [-0.2, 0) is 20.9 Å². The first-order valence-corrected chi connectivity index (χ1v) is 7.53. The molecule has 5 heteroatoms. The maximum absolute atomic E-state index is 12.2. The van der Waals surface area contributed by atoms with Gasteiger partial charge in [0.25, 0.3) is 0 Å². The first-order valence-electron chi connectivity index (χ1n) is 7.53. The van der Waals surface area contributed by atoms with Crippen LogP contribution in [0.25, 0.3) is 0 Å². The Balaban J connectivity index is 1.86. The van der Waals surface area contributed by atoms with Gasteiger partial charge in [-0.1, -0.05) is 36.4 Å². The molecule has 1 heterocycles. The summed E-state index contributed by atoms with van der Waals surface area (Å²) in [5.41, 5.74) is 0.952. The molecule has 1 unspecified atom stereocenters. The molecule has 2 rings (SSSR count). The minimum absolute atomic E-state index is 0.104. The Morgan fingerprint density at radius 2 is 2.05 bits per heavy atom. The summed E-state index contributed by atoms with van der Waals surface area (Å²) < 4.78 is 10.2. The molecular weight excluding hydrogens is 282 g/mol. The molecule has 1 aromatic carbocycles. The standard InChI is InChI=1S/C17H21NO4/c1-2-21-16(19)11-10-15-9-6-12-18(15)17(20)22-13-14-7-4-3-5-8-14/h3-5,7-8,10-11,15H,2,6,9,12-13H2,1H3/b11-10+. The SMILES string of the molecule is CCOC(=O)/C=C/C1CCCN1C(=O)OCc1ccccc1. The normalized spacial score (nSPS) is 17.7. The van der Waals surface area contributed by atoms with Crippen LogP contribution < -0.4 is 0 Å². The van der Waals surface area contributed by atoms with E-state index in [2.05, 4.69) is 0 Å². The molecule has 1 saturated heterocycles. The Labute approximate surface area is 130 Å². The number of nitrogens with zero attached hydrogens (tertiary/aromatic N) is 1. The van der Waals surface area contributed by atoms with Gasteiger partial charge in [-0.05, 0) is 25.3 Å². The first kappa shape index (κ1) is 16.1. The number of benzene rings is 1. The first-order chi connectivity index (χ1) is 10.7. The average molecular weight is 303 g/mol. The Morgan fingerprint density at radius 1 is 1.27 bits per heavy atom. The smallest absolute Gasteiger partial charge is 0.410 e. The third-order valence-corrected chi connectivity index (χ3v) is 3.48. The number of ether oxygens (including phenoxy) is 2. The lowest BCUT2D eigenvalue weighted by molar-refractivity contribution is -0.137. The molecule has 5 nitrogen and oxygen atoms in total. The summed E-state index contributed by atoms with van der Waals surface area (Å²) in [6.45, 7) is 3.00. The number of esters is 1. The lowest BCUT2D eigenvalue weighted by atomic mass is 10.2. The fourth-order valence-electron chi connectivity index (χ4n) is 2.40. The highest BCUT2D eigenvalue weighted by Gasteiger charge is 2.28. The fraction of sp³-hybridized carbons (Fsp3) is 0.412. The lowest BCUT2D eigenvalue weighted by Gasteiger charge is -2.21. The highest BCUT2D eigenvalue weighted by atomic mass is 16.6. The zero-order chi connectivity index (χ0) is 15.8. The van der Waals surface area contributed by atoms with E-state index in [0.29, 0.717) is 13.2 Å². The topological polar surface area (TPSA) is 55.8 Å². The maximum atomic E-state index is 12.2. The average Bonchev–Trinajstić information content (AvgIpc) is 3.00. The molecule has 0 saturated carbocycles. The van der Waals surface area contributed by atoms with Gasteiger partial charge in [-0.25, -0.2) is 9.59 Å². The minimum atomic E-state index is -0.382. The Morgan fingerprint density at radius 3 is 2.77 bits per heavy atom. The van der Waals surface area contributed by atoms with E-state index in [1.54, 1.807) is 17.9 Å². The van der Waals surface area contributed by atoms with Crippen molar-refractivity contribution in [3.63, 3.8) is 0 Å². The maximum Gasteiger partial charge on any atom is 0.410 e. The second kappa shape index (κ2) is 8.22. The van der Waals surface area contributed by atoms with E-state index < -0.39 is 0 Å². The molecule has 0 bridgehead atoms. The largest absolute Gasteiger partial charge is 0.463 e.